The molecule has 0 saturated heterocycles. The number of alkyl halides is 1. The zero-order valence-corrected chi connectivity index (χ0v) is 5.27. The summed E-state index contributed by atoms with van der Waals surface area (Å²) in [7, 11) is 0.493. The number of hydrogen-bond donors (Lipinski definition) is 1. The van der Waals surface area contributed by atoms with E-state index in [9.17, 15) is 9.18 Å². The molecule has 0 amide bonds. The number of carbonyl (C=O) groups is 1. The minimum absolute atomic E-state index is 0.167. The van der Waals surface area contributed by atoms with Gasteiger partial charge in [-0.2, -0.15) is 0 Å². The largest absolute Gasteiger partial charge is 0.481 e. The van der Waals surface area contributed by atoms with Crippen LogP contribution in [0.3, 0.4) is 0 Å². The third-order valence-electron chi connectivity index (χ3n) is 1.02. The lowest BCUT2D eigenvalue weighted by Crippen LogP contribution is -1.97. The summed E-state index contributed by atoms with van der Waals surface area (Å²) in [6.07, 6.45) is 1.45. The van der Waals surface area contributed by atoms with Crippen LogP contribution >= 0.6 is 0 Å². The Labute approximate surface area is 54.3 Å². The number of aliphatic carboxylic acids is 1. The molecule has 0 aliphatic rings. The van der Waals surface area contributed by atoms with Crippen molar-refractivity contribution in [3.8, 4) is 0 Å². The molecule has 0 unspecified atom stereocenters. The Kier molecular flexibility index (Phi) is 5.27. The van der Waals surface area contributed by atoms with E-state index in [1.54, 1.807) is 0 Å². The molecule has 0 aromatic heterocycles. The Hall–Kier alpha value is -0.535. The molecule has 9 heavy (non-hydrogen) atoms. The normalized spacial score (nSPS) is 9.00. The molecule has 0 aliphatic carbocycles. The molecule has 0 heterocycles. The molecule has 0 spiro atoms. The maximum absolute atomic E-state index is 11.4. The molecular weight excluding hydrogens is 122 g/mol. The van der Waals surface area contributed by atoms with Crippen molar-refractivity contribution in [3.05, 3.63) is 0 Å². The topological polar surface area (TPSA) is 37.3 Å². The number of hydrogen-bond acceptors (Lipinski definition) is 1. The summed E-state index contributed by atoms with van der Waals surface area (Å²) >= 11 is 0. The van der Waals surface area contributed by atoms with E-state index >= 15 is 0 Å². The van der Waals surface area contributed by atoms with Gasteiger partial charge in [0.25, 0.3) is 0 Å². The van der Waals surface area contributed by atoms with Crippen molar-refractivity contribution in [1.29, 1.82) is 0 Å². The minimum atomic E-state index is -0.797. The molecule has 2 nitrogen and oxygen atoms in total. The summed E-state index contributed by atoms with van der Waals surface area (Å²) in [4.78, 5) is 9.87. The highest BCUT2D eigenvalue weighted by atomic mass is 19.1. The van der Waals surface area contributed by atoms with Crippen molar-refractivity contribution in [2.75, 3.05) is 6.57 Å². The van der Waals surface area contributed by atoms with Crippen LogP contribution in [0.2, 0.25) is 6.32 Å². The van der Waals surface area contributed by atoms with Gasteiger partial charge in [-0.15, -0.1) is 0 Å². The fourth-order valence-corrected chi connectivity index (χ4v) is 0.547. The fourth-order valence-electron chi connectivity index (χ4n) is 0.547. The zero-order valence-electron chi connectivity index (χ0n) is 5.27. The number of halogens is 1. The lowest BCUT2D eigenvalue weighted by Gasteiger charge is -1.90. The third-order valence-corrected chi connectivity index (χ3v) is 1.02. The maximum Gasteiger partial charge on any atom is 0.303 e. The average molecular weight is 132 g/mol. The Balaban J connectivity index is 2.83. The van der Waals surface area contributed by atoms with Gasteiger partial charge in [0.2, 0.25) is 0 Å². The van der Waals surface area contributed by atoms with Gasteiger partial charge in [-0.3, -0.25) is 9.18 Å². The van der Waals surface area contributed by atoms with Crippen molar-refractivity contribution < 1.29 is 14.3 Å². The third kappa shape index (κ3) is 7.46. The van der Waals surface area contributed by atoms with Crippen LogP contribution < -0.4 is 0 Å². The molecule has 52 valence electrons. The Morgan fingerprint density at radius 2 is 2.33 bits per heavy atom. The molecule has 0 saturated carbocycles. The highest BCUT2D eigenvalue weighted by Crippen LogP contribution is 1.94. The fraction of sp³-hybridized carbons (Fsp3) is 0.800. The van der Waals surface area contributed by atoms with Crippen molar-refractivity contribution >= 4 is 13.2 Å². The van der Waals surface area contributed by atoms with E-state index in [4.69, 9.17) is 5.11 Å². The van der Waals surface area contributed by atoms with Crippen molar-refractivity contribution in [2.45, 2.75) is 19.2 Å². The monoisotopic (exact) mass is 132 g/mol. The molecule has 0 rings (SSSR count). The van der Waals surface area contributed by atoms with Crippen LogP contribution in [0.1, 0.15) is 12.8 Å². The molecule has 0 atom stereocenters. The first-order chi connectivity index (χ1) is 4.27. The van der Waals surface area contributed by atoms with Crippen LogP contribution in [-0.2, 0) is 4.79 Å². The van der Waals surface area contributed by atoms with Gasteiger partial charge in [-0.05, 0) is 6.42 Å². The van der Waals surface area contributed by atoms with Crippen LogP contribution in [0.15, 0.2) is 0 Å². The van der Waals surface area contributed by atoms with Crippen molar-refractivity contribution in [1.82, 2.24) is 0 Å². The molecule has 0 fully saturated rings. The summed E-state index contributed by atoms with van der Waals surface area (Å²) in [6, 6.07) is 0. The summed E-state index contributed by atoms with van der Waals surface area (Å²) in [5, 5.41) is 8.12. The van der Waals surface area contributed by atoms with E-state index in [2.05, 4.69) is 0 Å². The standard InChI is InChI=1S/C5H10BFO2/c7-4-6-3-1-2-5(8)9/h6H,1-4H2,(H,8,9). The van der Waals surface area contributed by atoms with Gasteiger partial charge >= 0.3 is 5.97 Å². The zero-order chi connectivity index (χ0) is 7.11. The minimum Gasteiger partial charge on any atom is -0.481 e. The van der Waals surface area contributed by atoms with Crippen molar-refractivity contribution in [2.24, 2.45) is 0 Å². The van der Waals surface area contributed by atoms with Gasteiger partial charge < -0.3 is 5.11 Å². The first-order valence-corrected chi connectivity index (χ1v) is 3.05. The van der Waals surface area contributed by atoms with Crippen LogP contribution in [0, 0.1) is 0 Å². The predicted octanol–water partition coefficient (Wildman–Crippen LogP) is 0.633. The first kappa shape index (κ1) is 8.46. The van der Waals surface area contributed by atoms with Crippen LogP contribution in [-0.4, -0.2) is 24.9 Å². The average Bonchev–Trinajstić information content (AvgIpc) is 1.80. The second-order valence-corrected chi connectivity index (χ2v) is 1.89. The Morgan fingerprint density at radius 3 is 2.78 bits per heavy atom. The SMILES string of the molecule is O=C(O)CCCBCF. The van der Waals surface area contributed by atoms with Gasteiger partial charge in [-0.1, -0.05) is 6.32 Å². The second-order valence-electron chi connectivity index (χ2n) is 1.89. The van der Waals surface area contributed by atoms with Gasteiger partial charge in [0.15, 0.2) is 7.28 Å². The van der Waals surface area contributed by atoms with Gasteiger partial charge in [-0.25, -0.2) is 0 Å². The van der Waals surface area contributed by atoms with E-state index in [1.807, 2.05) is 0 Å². The van der Waals surface area contributed by atoms with E-state index in [1.165, 1.54) is 0 Å². The first-order valence-electron chi connectivity index (χ1n) is 3.05. The number of carboxylic acids is 1. The number of rotatable bonds is 5. The van der Waals surface area contributed by atoms with E-state index in [-0.39, 0.29) is 13.0 Å². The summed E-state index contributed by atoms with van der Waals surface area (Å²) in [5.41, 5.74) is 0. The molecular formula is C5H10BFO2. The smallest absolute Gasteiger partial charge is 0.303 e. The molecule has 4 heteroatoms. The molecule has 0 aromatic rings. The van der Waals surface area contributed by atoms with E-state index < -0.39 is 5.97 Å². The Bertz CT molecular complexity index is 87.0. The second kappa shape index (κ2) is 5.60. The summed E-state index contributed by atoms with van der Waals surface area (Å²) in [6.45, 7) is -0.334. The van der Waals surface area contributed by atoms with Gasteiger partial charge in [0.05, 0.1) is 6.57 Å². The summed E-state index contributed by atoms with van der Waals surface area (Å²) in [5.74, 6) is -0.797. The van der Waals surface area contributed by atoms with Gasteiger partial charge in [0.1, 0.15) is 0 Å². The lowest BCUT2D eigenvalue weighted by molar-refractivity contribution is -0.137. The Morgan fingerprint density at radius 1 is 1.67 bits per heavy atom. The van der Waals surface area contributed by atoms with E-state index in [0.29, 0.717) is 20.0 Å². The lowest BCUT2D eigenvalue weighted by atomic mass is 9.75. The quantitative estimate of drug-likeness (QED) is 0.440. The maximum atomic E-state index is 11.4. The van der Waals surface area contributed by atoms with Crippen LogP contribution in [0.25, 0.3) is 0 Å². The predicted molar refractivity (Wildman–Crippen MR) is 34.8 cm³/mol. The highest BCUT2D eigenvalue weighted by molar-refractivity contribution is 6.35. The summed E-state index contributed by atoms with van der Waals surface area (Å²) < 4.78 is 11.4. The van der Waals surface area contributed by atoms with Crippen molar-refractivity contribution in [3.63, 3.8) is 0 Å². The molecule has 0 aromatic carbocycles. The highest BCUT2D eigenvalue weighted by Gasteiger charge is 1.95. The molecule has 0 aliphatic heterocycles. The number of carboxylic acid groups (broad SMARTS) is 1. The van der Waals surface area contributed by atoms with Gasteiger partial charge in [0, 0.05) is 6.42 Å². The van der Waals surface area contributed by atoms with Crippen LogP contribution in [0.4, 0.5) is 4.39 Å². The molecule has 1 N–H and O–H groups in total. The van der Waals surface area contributed by atoms with Crippen LogP contribution in [0.5, 0.6) is 0 Å². The van der Waals surface area contributed by atoms with E-state index in [0.717, 1.165) is 0 Å². The molecule has 0 bridgehead atoms. The molecule has 0 radical (unpaired) electrons.